The molecule has 1 aromatic rings. The molecule has 1 amide bonds. The van der Waals surface area contributed by atoms with Crippen molar-refractivity contribution in [1.82, 2.24) is 9.47 Å². The molecule has 2 rings (SSSR count). The monoisotopic (exact) mass is 248 g/mol. The van der Waals surface area contributed by atoms with Gasteiger partial charge in [0.1, 0.15) is 12.2 Å². The lowest BCUT2D eigenvalue weighted by atomic mass is 10.1. The number of aromatic nitrogens is 1. The number of nitrogens with zero attached hydrogens (tertiary/aromatic N) is 2. The third kappa shape index (κ3) is 2.60. The van der Waals surface area contributed by atoms with Crippen molar-refractivity contribution in [1.29, 1.82) is 0 Å². The summed E-state index contributed by atoms with van der Waals surface area (Å²) in [6.07, 6.45) is -3.70. The van der Waals surface area contributed by atoms with Gasteiger partial charge < -0.3 is 14.6 Å². The summed E-state index contributed by atoms with van der Waals surface area (Å²) in [5.74, 6) is -0.482. The van der Waals surface area contributed by atoms with E-state index in [1.54, 1.807) is 0 Å². The third-order valence-corrected chi connectivity index (χ3v) is 2.55. The van der Waals surface area contributed by atoms with E-state index in [-0.39, 0.29) is 18.8 Å². The van der Waals surface area contributed by atoms with Gasteiger partial charge in [-0.1, -0.05) is 0 Å². The number of amides is 1. The number of hydrogen-bond acceptors (Lipinski definition) is 2. The van der Waals surface area contributed by atoms with E-state index in [9.17, 15) is 18.0 Å². The topological polar surface area (TPSA) is 45.5 Å². The van der Waals surface area contributed by atoms with Gasteiger partial charge in [-0.05, 0) is 12.1 Å². The smallest absolute Gasteiger partial charge is 0.389 e. The molecular weight excluding hydrogens is 237 g/mol. The fourth-order valence-corrected chi connectivity index (χ4v) is 1.72. The van der Waals surface area contributed by atoms with Crippen molar-refractivity contribution in [2.24, 2.45) is 0 Å². The zero-order valence-electron chi connectivity index (χ0n) is 8.81. The van der Waals surface area contributed by atoms with Crippen molar-refractivity contribution >= 4 is 5.91 Å². The number of halogens is 3. The number of alkyl halides is 3. The predicted octanol–water partition coefficient (Wildman–Crippen LogP) is 0.867. The van der Waals surface area contributed by atoms with Crippen LogP contribution in [-0.4, -0.2) is 45.9 Å². The van der Waals surface area contributed by atoms with Crippen molar-refractivity contribution in [2.75, 3.05) is 13.1 Å². The highest BCUT2D eigenvalue weighted by Crippen LogP contribution is 2.20. The lowest BCUT2D eigenvalue weighted by Crippen LogP contribution is -2.53. The molecule has 0 aliphatic carbocycles. The fourth-order valence-electron chi connectivity index (χ4n) is 1.72. The largest absolute Gasteiger partial charge is 0.406 e. The summed E-state index contributed by atoms with van der Waals surface area (Å²) in [5.41, 5.74) is -0.00535. The van der Waals surface area contributed by atoms with Crippen LogP contribution >= 0.6 is 0 Å². The molecule has 1 aliphatic rings. The summed E-state index contributed by atoms with van der Waals surface area (Å²) in [6.45, 7) is -0.830. The molecule has 1 saturated heterocycles. The molecule has 0 unspecified atom stereocenters. The number of likely N-dealkylation sites (tertiary alicyclic amines) is 1. The normalized spacial score (nSPS) is 17.1. The first-order chi connectivity index (χ1) is 7.87. The quantitative estimate of drug-likeness (QED) is 0.844. The summed E-state index contributed by atoms with van der Waals surface area (Å²) in [4.78, 5) is 13.1. The van der Waals surface area contributed by atoms with Crippen LogP contribution < -0.4 is 0 Å². The number of β-amino-alcohol motifs (C(OH)–C–C–N with tert-alkyl or cyclic N) is 1. The minimum absolute atomic E-state index is 0.00535. The summed E-state index contributed by atoms with van der Waals surface area (Å²) in [6, 6.07) is 2.74. The Balaban J connectivity index is 2.11. The zero-order chi connectivity index (χ0) is 12.6. The maximum absolute atomic E-state index is 12.2. The number of aliphatic hydroxyl groups is 1. The van der Waals surface area contributed by atoms with Gasteiger partial charge in [-0.15, -0.1) is 0 Å². The minimum Gasteiger partial charge on any atom is -0.389 e. The van der Waals surface area contributed by atoms with Crippen molar-refractivity contribution in [3.8, 4) is 0 Å². The van der Waals surface area contributed by atoms with E-state index in [0.29, 0.717) is 0 Å². The van der Waals surface area contributed by atoms with Crippen LogP contribution in [0.1, 0.15) is 10.5 Å². The van der Waals surface area contributed by atoms with Gasteiger partial charge in [0.2, 0.25) is 0 Å². The Labute approximate surface area is 95.2 Å². The van der Waals surface area contributed by atoms with Crippen LogP contribution in [-0.2, 0) is 6.54 Å². The predicted molar refractivity (Wildman–Crippen MR) is 52.4 cm³/mol. The molecule has 2 heterocycles. The van der Waals surface area contributed by atoms with Crippen molar-refractivity contribution in [2.45, 2.75) is 18.8 Å². The number of carbonyl (C=O) groups is 1. The summed E-state index contributed by atoms with van der Waals surface area (Å²) in [5, 5.41) is 9.04. The SMILES string of the molecule is O=C(c1cccn1CC(F)(F)F)N1CC(O)C1. The molecule has 1 aliphatic heterocycles. The molecule has 0 bridgehead atoms. The number of aliphatic hydroxyl groups excluding tert-OH is 1. The van der Waals surface area contributed by atoms with Gasteiger partial charge in [-0.25, -0.2) is 0 Å². The van der Waals surface area contributed by atoms with Crippen LogP contribution in [0.2, 0.25) is 0 Å². The lowest BCUT2D eigenvalue weighted by Gasteiger charge is -2.35. The van der Waals surface area contributed by atoms with Crippen molar-refractivity contribution in [3.63, 3.8) is 0 Å². The zero-order valence-corrected chi connectivity index (χ0v) is 8.81. The molecule has 4 nitrogen and oxygen atoms in total. The average molecular weight is 248 g/mol. The number of rotatable bonds is 2. The fraction of sp³-hybridized carbons (Fsp3) is 0.500. The Hall–Kier alpha value is -1.50. The molecule has 0 spiro atoms. The molecule has 17 heavy (non-hydrogen) atoms. The molecule has 1 aromatic heterocycles. The van der Waals surface area contributed by atoms with Gasteiger partial charge in [0.05, 0.1) is 6.10 Å². The first-order valence-electron chi connectivity index (χ1n) is 5.06. The Morgan fingerprint density at radius 2 is 2.12 bits per heavy atom. The molecule has 94 valence electrons. The molecule has 0 radical (unpaired) electrons. The van der Waals surface area contributed by atoms with Crippen LogP contribution in [0.3, 0.4) is 0 Å². The Morgan fingerprint density at radius 1 is 1.47 bits per heavy atom. The van der Waals surface area contributed by atoms with E-state index in [4.69, 9.17) is 5.11 Å². The van der Waals surface area contributed by atoms with Gasteiger partial charge in [0.15, 0.2) is 0 Å². The molecule has 0 atom stereocenters. The summed E-state index contributed by atoms with van der Waals surface area (Å²) < 4.78 is 37.6. The van der Waals surface area contributed by atoms with E-state index in [0.717, 1.165) is 4.57 Å². The van der Waals surface area contributed by atoms with Gasteiger partial charge >= 0.3 is 6.18 Å². The molecular formula is C10H11F3N2O2. The Morgan fingerprint density at radius 3 is 2.65 bits per heavy atom. The highest BCUT2D eigenvalue weighted by molar-refractivity contribution is 5.93. The van der Waals surface area contributed by atoms with Gasteiger partial charge in [0, 0.05) is 19.3 Å². The van der Waals surface area contributed by atoms with Gasteiger partial charge in [-0.3, -0.25) is 4.79 Å². The lowest BCUT2D eigenvalue weighted by molar-refractivity contribution is -0.140. The van der Waals surface area contributed by atoms with E-state index in [1.807, 2.05) is 0 Å². The second kappa shape index (κ2) is 4.06. The Bertz CT molecular complexity index is 421. The standard InChI is InChI=1S/C10H11F3N2O2/c11-10(12,13)6-14-3-1-2-8(14)9(17)15-4-7(16)5-15/h1-3,7,16H,4-6H2. The van der Waals surface area contributed by atoms with Crippen LogP contribution in [0.15, 0.2) is 18.3 Å². The van der Waals surface area contributed by atoms with E-state index < -0.39 is 24.7 Å². The highest BCUT2D eigenvalue weighted by atomic mass is 19.4. The first kappa shape index (κ1) is 12.0. The third-order valence-electron chi connectivity index (χ3n) is 2.55. The maximum Gasteiger partial charge on any atom is 0.406 e. The second-order valence-electron chi connectivity index (χ2n) is 4.00. The van der Waals surface area contributed by atoms with Crippen molar-refractivity contribution in [3.05, 3.63) is 24.0 Å². The van der Waals surface area contributed by atoms with Crippen molar-refractivity contribution < 1.29 is 23.1 Å². The van der Waals surface area contributed by atoms with Gasteiger partial charge in [-0.2, -0.15) is 13.2 Å². The first-order valence-corrected chi connectivity index (χ1v) is 5.06. The molecule has 0 aromatic carbocycles. The second-order valence-corrected chi connectivity index (χ2v) is 4.00. The molecule has 0 saturated carbocycles. The molecule has 1 fully saturated rings. The molecule has 1 N–H and O–H groups in total. The van der Waals surface area contributed by atoms with Gasteiger partial charge in [0.25, 0.3) is 5.91 Å². The average Bonchev–Trinajstić information content (AvgIpc) is 2.57. The highest BCUT2D eigenvalue weighted by Gasteiger charge is 2.33. The minimum atomic E-state index is -4.36. The van der Waals surface area contributed by atoms with E-state index >= 15 is 0 Å². The summed E-state index contributed by atoms with van der Waals surface area (Å²) >= 11 is 0. The summed E-state index contributed by atoms with van der Waals surface area (Å²) in [7, 11) is 0. The van der Waals surface area contributed by atoms with E-state index in [2.05, 4.69) is 0 Å². The number of hydrogen-bond donors (Lipinski definition) is 1. The van der Waals surface area contributed by atoms with Crippen LogP contribution in [0.5, 0.6) is 0 Å². The van der Waals surface area contributed by atoms with Crippen LogP contribution in [0, 0.1) is 0 Å². The molecule has 7 heteroatoms. The maximum atomic E-state index is 12.2. The Kier molecular flexibility index (Phi) is 2.86. The van der Waals surface area contributed by atoms with Crippen LogP contribution in [0.4, 0.5) is 13.2 Å². The van der Waals surface area contributed by atoms with Crippen LogP contribution in [0.25, 0.3) is 0 Å². The van der Waals surface area contributed by atoms with E-state index in [1.165, 1.54) is 23.2 Å². The number of carbonyl (C=O) groups excluding carboxylic acids is 1.